The van der Waals surface area contributed by atoms with E-state index in [4.69, 9.17) is 4.74 Å². The largest absolute Gasteiger partial charge is 0.386 e. The second-order valence-corrected chi connectivity index (χ2v) is 5.48. The summed E-state index contributed by atoms with van der Waals surface area (Å²) in [7, 11) is 0. The standard InChI is InChI=1S/C18H31N3O2.HI/c1-4-19-18(20-12-6-7-13-23-5-2)21-14-17(22)16-10-8-15(3)9-11-16;/h8-11,17,22H,4-7,12-14H2,1-3H3,(H2,19,20,21);1H. The summed E-state index contributed by atoms with van der Waals surface area (Å²) < 4.78 is 5.32. The van der Waals surface area contributed by atoms with Gasteiger partial charge in [0.15, 0.2) is 5.96 Å². The van der Waals surface area contributed by atoms with E-state index >= 15 is 0 Å². The lowest BCUT2D eigenvalue weighted by Crippen LogP contribution is -2.38. The first-order valence-corrected chi connectivity index (χ1v) is 8.51. The third-order valence-corrected chi connectivity index (χ3v) is 3.44. The Hall–Kier alpha value is -0.860. The average Bonchev–Trinajstić information content (AvgIpc) is 2.56. The van der Waals surface area contributed by atoms with Crippen LogP contribution in [0.15, 0.2) is 29.3 Å². The number of nitrogens with zero attached hydrogens (tertiary/aromatic N) is 1. The molecule has 0 aliphatic rings. The molecule has 5 nitrogen and oxygen atoms in total. The second kappa shape index (κ2) is 14.5. The number of unbranched alkanes of at least 4 members (excludes halogenated alkanes) is 1. The molecule has 0 fully saturated rings. The molecule has 138 valence electrons. The van der Waals surface area contributed by atoms with E-state index in [0.717, 1.165) is 50.7 Å². The molecule has 3 N–H and O–H groups in total. The summed E-state index contributed by atoms with van der Waals surface area (Å²) in [4.78, 5) is 4.46. The quantitative estimate of drug-likeness (QED) is 0.222. The van der Waals surface area contributed by atoms with Crippen molar-refractivity contribution >= 4 is 29.9 Å². The topological polar surface area (TPSA) is 65.9 Å². The Labute approximate surface area is 163 Å². The highest BCUT2D eigenvalue weighted by atomic mass is 127. The first kappa shape index (κ1) is 23.1. The summed E-state index contributed by atoms with van der Waals surface area (Å²) in [6.07, 6.45) is 1.49. The minimum absolute atomic E-state index is 0. The van der Waals surface area contributed by atoms with E-state index in [1.165, 1.54) is 5.56 Å². The Morgan fingerprint density at radius 1 is 1.17 bits per heavy atom. The van der Waals surface area contributed by atoms with Crippen LogP contribution >= 0.6 is 24.0 Å². The van der Waals surface area contributed by atoms with Gasteiger partial charge in [0, 0.05) is 26.3 Å². The number of guanidine groups is 1. The molecular formula is C18H32IN3O2. The van der Waals surface area contributed by atoms with Crippen LogP contribution in [0.25, 0.3) is 0 Å². The van der Waals surface area contributed by atoms with Crippen molar-refractivity contribution in [2.75, 3.05) is 32.8 Å². The van der Waals surface area contributed by atoms with E-state index < -0.39 is 6.10 Å². The summed E-state index contributed by atoms with van der Waals surface area (Å²) >= 11 is 0. The second-order valence-electron chi connectivity index (χ2n) is 5.48. The summed E-state index contributed by atoms with van der Waals surface area (Å²) in [5.41, 5.74) is 2.08. The fourth-order valence-corrected chi connectivity index (χ4v) is 2.09. The third kappa shape index (κ3) is 10.1. The Morgan fingerprint density at radius 2 is 1.88 bits per heavy atom. The van der Waals surface area contributed by atoms with Gasteiger partial charge in [-0.15, -0.1) is 24.0 Å². The van der Waals surface area contributed by atoms with Crippen LogP contribution in [-0.2, 0) is 4.74 Å². The Bertz CT molecular complexity index is 452. The Morgan fingerprint density at radius 3 is 2.50 bits per heavy atom. The molecule has 0 radical (unpaired) electrons. The molecule has 1 aromatic rings. The number of rotatable bonds is 10. The lowest BCUT2D eigenvalue weighted by atomic mass is 10.1. The first-order chi connectivity index (χ1) is 11.2. The average molecular weight is 449 g/mol. The number of nitrogens with one attached hydrogen (secondary N) is 2. The maximum Gasteiger partial charge on any atom is 0.191 e. The number of hydrogen-bond donors (Lipinski definition) is 3. The molecule has 1 unspecified atom stereocenters. The number of ether oxygens (including phenoxy) is 1. The summed E-state index contributed by atoms with van der Waals surface area (Å²) in [5, 5.41) is 16.7. The third-order valence-electron chi connectivity index (χ3n) is 3.44. The number of aliphatic hydroxyl groups excluding tert-OH is 1. The van der Waals surface area contributed by atoms with Crippen LogP contribution in [-0.4, -0.2) is 43.9 Å². The molecule has 0 spiro atoms. The fourth-order valence-electron chi connectivity index (χ4n) is 2.09. The molecule has 0 aliphatic heterocycles. The van der Waals surface area contributed by atoms with Crippen molar-refractivity contribution in [2.45, 2.75) is 39.7 Å². The lowest BCUT2D eigenvalue weighted by molar-refractivity contribution is 0.143. The zero-order chi connectivity index (χ0) is 16.9. The molecule has 0 aromatic heterocycles. The molecule has 24 heavy (non-hydrogen) atoms. The van der Waals surface area contributed by atoms with Gasteiger partial charge in [0.1, 0.15) is 0 Å². The maximum absolute atomic E-state index is 10.2. The smallest absolute Gasteiger partial charge is 0.191 e. The van der Waals surface area contributed by atoms with Gasteiger partial charge in [0.2, 0.25) is 0 Å². The maximum atomic E-state index is 10.2. The molecule has 0 bridgehead atoms. The van der Waals surface area contributed by atoms with E-state index in [-0.39, 0.29) is 24.0 Å². The molecule has 1 rings (SSSR count). The molecule has 6 heteroatoms. The van der Waals surface area contributed by atoms with Gasteiger partial charge >= 0.3 is 0 Å². The highest BCUT2D eigenvalue weighted by Crippen LogP contribution is 2.13. The van der Waals surface area contributed by atoms with Crippen LogP contribution in [0, 0.1) is 6.92 Å². The van der Waals surface area contributed by atoms with Gasteiger partial charge in [0.25, 0.3) is 0 Å². The number of halogens is 1. The molecule has 1 atom stereocenters. The minimum Gasteiger partial charge on any atom is -0.386 e. The number of aryl methyl sites for hydroxylation is 1. The number of aliphatic imine (C=N–C) groups is 1. The highest BCUT2D eigenvalue weighted by molar-refractivity contribution is 14.0. The molecule has 1 aromatic carbocycles. The van der Waals surface area contributed by atoms with Crippen molar-refractivity contribution in [3.63, 3.8) is 0 Å². The Balaban J connectivity index is 0.00000529. The first-order valence-electron chi connectivity index (χ1n) is 8.51. The van der Waals surface area contributed by atoms with Crippen LogP contribution < -0.4 is 10.6 Å². The number of aliphatic hydroxyl groups is 1. The normalized spacial score (nSPS) is 12.4. The monoisotopic (exact) mass is 449 g/mol. The molecule has 0 heterocycles. The zero-order valence-electron chi connectivity index (χ0n) is 15.0. The van der Waals surface area contributed by atoms with Crippen molar-refractivity contribution in [3.05, 3.63) is 35.4 Å². The summed E-state index contributed by atoms with van der Waals surface area (Å²) in [6.45, 7) is 9.64. The van der Waals surface area contributed by atoms with Crippen LogP contribution in [0.4, 0.5) is 0 Å². The van der Waals surface area contributed by atoms with E-state index in [0.29, 0.717) is 6.54 Å². The van der Waals surface area contributed by atoms with Gasteiger partial charge in [-0.25, -0.2) is 0 Å². The Kier molecular flexibility index (Phi) is 14.0. The molecule has 0 saturated carbocycles. The van der Waals surface area contributed by atoms with Gasteiger partial charge in [0.05, 0.1) is 12.6 Å². The fraction of sp³-hybridized carbons (Fsp3) is 0.611. The number of hydrogen-bond acceptors (Lipinski definition) is 3. The van der Waals surface area contributed by atoms with Crippen molar-refractivity contribution in [1.29, 1.82) is 0 Å². The van der Waals surface area contributed by atoms with Crippen LogP contribution in [0.3, 0.4) is 0 Å². The van der Waals surface area contributed by atoms with Gasteiger partial charge < -0.3 is 20.5 Å². The van der Waals surface area contributed by atoms with Crippen molar-refractivity contribution < 1.29 is 9.84 Å². The number of benzene rings is 1. The van der Waals surface area contributed by atoms with Gasteiger partial charge in [-0.2, -0.15) is 0 Å². The van der Waals surface area contributed by atoms with Gasteiger partial charge in [-0.3, -0.25) is 4.99 Å². The van der Waals surface area contributed by atoms with Gasteiger partial charge in [-0.1, -0.05) is 29.8 Å². The molecule has 0 saturated heterocycles. The van der Waals surface area contributed by atoms with E-state index in [9.17, 15) is 5.11 Å². The van der Waals surface area contributed by atoms with E-state index in [2.05, 4.69) is 15.6 Å². The van der Waals surface area contributed by atoms with E-state index in [1.54, 1.807) is 0 Å². The predicted molar refractivity (Wildman–Crippen MR) is 111 cm³/mol. The highest BCUT2D eigenvalue weighted by Gasteiger charge is 2.07. The SMILES string of the molecule is CCNC(=NCC(O)c1ccc(C)cc1)NCCCCOCC.I. The molecule has 0 amide bonds. The summed E-state index contributed by atoms with van der Waals surface area (Å²) in [6, 6.07) is 7.90. The van der Waals surface area contributed by atoms with Crippen molar-refractivity contribution in [3.8, 4) is 0 Å². The van der Waals surface area contributed by atoms with Crippen molar-refractivity contribution in [1.82, 2.24) is 10.6 Å². The summed E-state index contributed by atoms with van der Waals surface area (Å²) in [5.74, 6) is 0.745. The van der Waals surface area contributed by atoms with Gasteiger partial charge in [-0.05, 0) is 39.2 Å². The van der Waals surface area contributed by atoms with Crippen LogP contribution in [0.5, 0.6) is 0 Å². The van der Waals surface area contributed by atoms with Crippen molar-refractivity contribution in [2.24, 2.45) is 4.99 Å². The minimum atomic E-state index is -0.580. The predicted octanol–water partition coefficient (Wildman–Crippen LogP) is 3.02. The van der Waals surface area contributed by atoms with Crippen LogP contribution in [0.1, 0.15) is 43.9 Å². The van der Waals surface area contributed by atoms with Crippen LogP contribution in [0.2, 0.25) is 0 Å². The zero-order valence-corrected chi connectivity index (χ0v) is 17.4. The van der Waals surface area contributed by atoms with E-state index in [1.807, 2.05) is 45.0 Å². The molecule has 0 aliphatic carbocycles. The molecular weight excluding hydrogens is 417 g/mol. The lowest BCUT2D eigenvalue weighted by Gasteiger charge is -2.13.